The molecule has 1 aromatic rings. The van der Waals surface area contributed by atoms with Gasteiger partial charge in [0.1, 0.15) is 11.8 Å². The summed E-state index contributed by atoms with van der Waals surface area (Å²) in [6, 6.07) is 3.56. The second-order valence-corrected chi connectivity index (χ2v) is 4.39. The zero-order valence-corrected chi connectivity index (χ0v) is 10.9. The van der Waals surface area contributed by atoms with E-state index < -0.39 is 0 Å². The smallest absolute Gasteiger partial charge is 0.310 e. The van der Waals surface area contributed by atoms with Gasteiger partial charge in [-0.2, -0.15) is 5.26 Å². The molecule has 1 saturated heterocycles. The molecule has 1 unspecified atom stereocenters. The number of ether oxygens (including phenoxy) is 1. The molecule has 1 aliphatic heterocycles. The first kappa shape index (κ1) is 13.3. The summed E-state index contributed by atoms with van der Waals surface area (Å²) in [7, 11) is 0. The van der Waals surface area contributed by atoms with E-state index in [0.29, 0.717) is 24.8 Å². The van der Waals surface area contributed by atoms with Crippen LogP contribution in [0.5, 0.6) is 0 Å². The molecule has 0 amide bonds. The van der Waals surface area contributed by atoms with Gasteiger partial charge in [-0.05, 0) is 25.8 Å². The van der Waals surface area contributed by atoms with Crippen LogP contribution < -0.4 is 4.90 Å². The van der Waals surface area contributed by atoms with Crippen molar-refractivity contribution in [2.75, 3.05) is 24.6 Å². The summed E-state index contributed by atoms with van der Waals surface area (Å²) in [5.74, 6) is 0.208. The minimum atomic E-state index is -0.163. The number of anilines is 1. The number of nitrogens with zero attached hydrogens (tertiary/aromatic N) is 4. The van der Waals surface area contributed by atoms with Crippen LogP contribution in [0.3, 0.4) is 0 Å². The van der Waals surface area contributed by atoms with Crippen LogP contribution in [0.25, 0.3) is 0 Å². The Hall–Kier alpha value is -2.16. The lowest BCUT2D eigenvalue weighted by Crippen LogP contribution is -2.40. The van der Waals surface area contributed by atoms with Gasteiger partial charge in [0.25, 0.3) is 0 Å². The topological polar surface area (TPSA) is 79.1 Å². The molecule has 2 heterocycles. The Morgan fingerprint density at radius 3 is 3.26 bits per heavy atom. The summed E-state index contributed by atoms with van der Waals surface area (Å²) < 4.78 is 5.05. The van der Waals surface area contributed by atoms with Gasteiger partial charge in [-0.15, -0.1) is 0 Å². The van der Waals surface area contributed by atoms with Crippen molar-refractivity contribution in [2.45, 2.75) is 19.8 Å². The van der Waals surface area contributed by atoms with E-state index in [1.807, 2.05) is 11.0 Å². The van der Waals surface area contributed by atoms with E-state index in [4.69, 9.17) is 10.00 Å². The molecule has 1 fully saturated rings. The molecule has 0 aliphatic carbocycles. The number of esters is 1. The standard InChI is InChI=1S/C13H16N4O2/c1-2-19-12(18)10-4-3-7-17(9-10)13-15-6-5-11(8-14)16-13/h5-6,10H,2-4,7,9H2,1H3. The molecule has 0 aromatic carbocycles. The fourth-order valence-electron chi connectivity index (χ4n) is 2.17. The molecule has 1 atom stereocenters. The summed E-state index contributed by atoms with van der Waals surface area (Å²) >= 11 is 0. The van der Waals surface area contributed by atoms with Crippen LogP contribution in [0.1, 0.15) is 25.5 Å². The number of hydrogen-bond acceptors (Lipinski definition) is 6. The Kier molecular flexibility index (Phi) is 4.29. The van der Waals surface area contributed by atoms with Crippen LogP contribution in [0.4, 0.5) is 5.95 Å². The SMILES string of the molecule is CCOC(=O)C1CCCN(c2nccc(C#N)n2)C1. The summed E-state index contributed by atoms with van der Waals surface area (Å²) in [5.41, 5.74) is 0.336. The number of piperidine rings is 1. The fraction of sp³-hybridized carbons (Fsp3) is 0.538. The highest BCUT2D eigenvalue weighted by Gasteiger charge is 2.28. The highest BCUT2D eigenvalue weighted by atomic mass is 16.5. The number of nitriles is 1. The van der Waals surface area contributed by atoms with Crippen molar-refractivity contribution < 1.29 is 9.53 Å². The lowest BCUT2D eigenvalue weighted by molar-refractivity contribution is -0.148. The third kappa shape index (κ3) is 3.19. The lowest BCUT2D eigenvalue weighted by atomic mass is 9.98. The highest BCUT2D eigenvalue weighted by molar-refractivity contribution is 5.73. The molecule has 2 rings (SSSR count). The molecule has 0 spiro atoms. The van der Waals surface area contributed by atoms with Crippen molar-refractivity contribution in [1.29, 1.82) is 5.26 Å². The van der Waals surface area contributed by atoms with E-state index >= 15 is 0 Å². The van der Waals surface area contributed by atoms with Gasteiger partial charge in [-0.1, -0.05) is 0 Å². The number of rotatable bonds is 3. The maximum atomic E-state index is 11.8. The summed E-state index contributed by atoms with van der Waals surface area (Å²) in [6.07, 6.45) is 3.28. The van der Waals surface area contributed by atoms with Crippen molar-refractivity contribution in [3.8, 4) is 6.07 Å². The second-order valence-electron chi connectivity index (χ2n) is 4.39. The zero-order chi connectivity index (χ0) is 13.7. The first-order chi connectivity index (χ1) is 9.24. The van der Waals surface area contributed by atoms with Crippen LogP contribution in [0.2, 0.25) is 0 Å². The fourth-order valence-corrected chi connectivity index (χ4v) is 2.17. The maximum absolute atomic E-state index is 11.8. The highest BCUT2D eigenvalue weighted by Crippen LogP contribution is 2.21. The molecule has 1 aliphatic rings. The molecule has 0 radical (unpaired) electrons. The van der Waals surface area contributed by atoms with Crippen LogP contribution >= 0.6 is 0 Å². The van der Waals surface area contributed by atoms with Crippen LogP contribution in [-0.4, -0.2) is 35.6 Å². The third-order valence-electron chi connectivity index (χ3n) is 3.08. The van der Waals surface area contributed by atoms with Crippen molar-refractivity contribution in [2.24, 2.45) is 5.92 Å². The van der Waals surface area contributed by atoms with Gasteiger partial charge in [-0.3, -0.25) is 4.79 Å². The molecule has 6 nitrogen and oxygen atoms in total. The van der Waals surface area contributed by atoms with Crippen molar-refractivity contribution >= 4 is 11.9 Å². The molecule has 19 heavy (non-hydrogen) atoms. The molecular formula is C13H16N4O2. The first-order valence-electron chi connectivity index (χ1n) is 6.39. The Morgan fingerprint density at radius 2 is 2.53 bits per heavy atom. The van der Waals surface area contributed by atoms with Crippen LogP contribution in [0.15, 0.2) is 12.3 Å². The molecule has 0 N–H and O–H groups in total. The van der Waals surface area contributed by atoms with E-state index in [1.54, 1.807) is 19.2 Å². The maximum Gasteiger partial charge on any atom is 0.310 e. The van der Waals surface area contributed by atoms with Crippen molar-refractivity contribution in [3.63, 3.8) is 0 Å². The molecular weight excluding hydrogens is 244 g/mol. The minimum Gasteiger partial charge on any atom is -0.466 e. The van der Waals surface area contributed by atoms with E-state index in [0.717, 1.165) is 19.4 Å². The van der Waals surface area contributed by atoms with Gasteiger partial charge in [-0.25, -0.2) is 9.97 Å². The molecule has 0 saturated carbocycles. The van der Waals surface area contributed by atoms with Gasteiger partial charge in [0.15, 0.2) is 0 Å². The van der Waals surface area contributed by atoms with Gasteiger partial charge >= 0.3 is 5.97 Å². The monoisotopic (exact) mass is 260 g/mol. The Balaban J connectivity index is 2.08. The summed E-state index contributed by atoms with van der Waals surface area (Å²) in [6.45, 7) is 3.55. The largest absolute Gasteiger partial charge is 0.466 e. The molecule has 100 valence electrons. The van der Waals surface area contributed by atoms with E-state index in [1.165, 1.54) is 0 Å². The van der Waals surface area contributed by atoms with Crippen molar-refractivity contribution in [1.82, 2.24) is 9.97 Å². The summed E-state index contributed by atoms with van der Waals surface area (Å²) in [4.78, 5) is 22.0. The predicted molar refractivity (Wildman–Crippen MR) is 68.3 cm³/mol. The van der Waals surface area contributed by atoms with E-state index in [2.05, 4.69) is 9.97 Å². The summed E-state index contributed by atoms with van der Waals surface area (Å²) in [5, 5.41) is 8.84. The Morgan fingerprint density at radius 1 is 1.68 bits per heavy atom. The molecule has 1 aromatic heterocycles. The van der Waals surface area contributed by atoms with Gasteiger partial charge < -0.3 is 9.64 Å². The predicted octanol–water partition coefficient (Wildman–Crippen LogP) is 1.13. The second kappa shape index (κ2) is 6.14. The van der Waals surface area contributed by atoms with E-state index in [-0.39, 0.29) is 11.9 Å². The average molecular weight is 260 g/mol. The Labute approximate surface area is 112 Å². The molecule has 6 heteroatoms. The third-order valence-corrected chi connectivity index (χ3v) is 3.08. The quantitative estimate of drug-likeness (QED) is 0.758. The number of aromatic nitrogens is 2. The normalized spacial score (nSPS) is 18.7. The van der Waals surface area contributed by atoms with Gasteiger partial charge in [0.05, 0.1) is 12.5 Å². The number of hydrogen-bond donors (Lipinski definition) is 0. The average Bonchev–Trinajstić information content (AvgIpc) is 2.48. The van der Waals surface area contributed by atoms with Crippen LogP contribution in [0, 0.1) is 17.2 Å². The zero-order valence-electron chi connectivity index (χ0n) is 10.9. The van der Waals surface area contributed by atoms with E-state index in [9.17, 15) is 4.79 Å². The minimum absolute atomic E-state index is 0.136. The van der Waals surface area contributed by atoms with Gasteiger partial charge in [0.2, 0.25) is 5.95 Å². The molecule has 0 bridgehead atoms. The number of carbonyl (C=O) groups excluding carboxylic acids is 1. The van der Waals surface area contributed by atoms with Crippen LogP contribution in [-0.2, 0) is 9.53 Å². The van der Waals surface area contributed by atoms with Gasteiger partial charge in [0, 0.05) is 19.3 Å². The Bertz CT molecular complexity index is 498. The lowest BCUT2D eigenvalue weighted by Gasteiger charge is -2.31. The van der Waals surface area contributed by atoms with Crippen molar-refractivity contribution in [3.05, 3.63) is 18.0 Å². The number of carbonyl (C=O) groups is 1. The first-order valence-corrected chi connectivity index (χ1v) is 6.39.